The quantitative estimate of drug-likeness (QED) is 0.698. The highest BCUT2D eigenvalue weighted by Crippen LogP contribution is 2.61. The molecule has 4 fully saturated rings. The van der Waals surface area contributed by atoms with Crippen molar-refractivity contribution in [2.45, 2.75) is 64.9 Å². The maximum absolute atomic E-state index is 5.78. The molecule has 1 heteroatoms. The smallest absolute Gasteiger partial charge is 0.0518 e. The van der Waals surface area contributed by atoms with Crippen molar-refractivity contribution >= 4 is 0 Å². The summed E-state index contributed by atoms with van der Waals surface area (Å²) in [7, 11) is 0. The van der Waals surface area contributed by atoms with E-state index in [1.807, 2.05) is 0 Å². The van der Waals surface area contributed by atoms with Gasteiger partial charge in [-0.2, -0.15) is 0 Å². The monoisotopic (exact) mass is 222 g/mol. The number of hydrogen-bond donors (Lipinski definition) is 0. The zero-order valence-corrected chi connectivity index (χ0v) is 10.9. The molecule has 4 rings (SSSR count). The van der Waals surface area contributed by atoms with Crippen LogP contribution in [0.3, 0.4) is 0 Å². The second-order valence-corrected chi connectivity index (χ2v) is 7.09. The Morgan fingerprint density at radius 2 is 1.50 bits per heavy atom. The minimum atomic E-state index is 0.411. The van der Waals surface area contributed by atoms with Gasteiger partial charge in [-0.05, 0) is 82.0 Å². The van der Waals surface area contributed by atoms with E-state index in [2.05, 4.69) is 13.8 Å². The lowest BCUT2D eigenvalue weighted by molar-refractivity contribution is -0.0728. The van der Waals surface area contributed by atoms with E-state index in [9.17, 15) is 0 Å². The lowest BCUT2D eigenvalue weighted by Crippen LogP contribution is -2.46. The van der Waals surface area contributed by atoms with Crippen molar-refractivity contribution in [1.29, 1.82) is 0 Å². The maximum atomic E-state index is 5.78. The van der Waals surface area contributed by atoms with Crippen LogP contribution in [-0.4, -0.2) is 12.7 Å². The van der Waals surface area contributed by atoms with Crippen LogP contribution >= 0.6 is 0 Å². The van der Waals surface area contributed by atoms with E-state index >= 15 is 0 Å². The molecule has 0 aromatic carbocycles. The van der Waals surface area contributed by atoms with Crippen LogP contribution in [0.15, 0.2) is 0 Å². The van der Waals surface area contributed by atoms with Crippen LogP contribution in [0.25, 0.3) is 0 Å². The summed E-state index contributed by atoms with van der Waals surface area (Å²) in [6.07, 6.45) is 11.0. The summed E-state index contributed by atoms with van der Waals surface area (Å²) in [4.78, 5) is 0. The molecular formula is C15H26O. The molecule has 1 nitrogen and oxygen atoms in total. The third-order valence-corrected chi connectivity index (χ3v) is 5.25. The molecule has 0 N–H and O–H groups in total. The number of rotatable bonds is 4. The topological polar surface area (TPSA) is 9.23 Å². The van der Waals surface area contributed by atoms with Crippen molar-refractivity contribution < 1.29 is 4.74 Å². The van der Waals surface area contributed by atoms with Crippen LogP contribution in [0.5, 0.6) is 0 Å². The Bertz CT molecular complexity index is 221. The highest BCUT2D eigenvalue weighted by molar-refractivity contribution is 5.01. The molecule has 92 valence electrons. The summed E-state index contributed by atoms with van der Waals surface area (Å²) in [6, 6.07) is 0. The molecule has 0 atom stereocenters. The fraction of sp³-hybridized carbons (Fsp3) is 1.00. The van der Waals surface area contributed by atoms with E-state index < -0.39 is 0 Å². The minimum absolute atomic E-state index is 0.411. The molecule has 4 bridgehead atoms. The van der Waals surface area contributed by atoms with Gasteiger partial charge in [0.2, 0.25) is 0 Å². The fourth-order valence-corrected chi connectivity index (χ4v) is 5.11. The third kappa shape index (κ3) is 2.03. The molecule has 4 saturated carbocycles. The molecule has 0 aromatic rings. The van der Waals surface area contributed by atoms with Crippen LogP contribution < -0.4 is 0 Å². The number of hydrogen-bond acceptors (Lipinski definition) is 1. The molecule has 0 amide bonds. The van der Waals surface area contributed by atoms with Crippen molar-refractivity contribution in [2.24, 2.45) is 23.2 Å². The first kappa shape index (κ1) is 11.1. The summed E-state index contributed by atoms with van der Waals surface area (Å²) in [5, 5.41) is 0. The van der Waals surface area contributed by atoms with Crippen molar-refractivity contribution in [3.63, 3.8) is 0 Å². The van der Waals surface area contributed by atoms with Crippen LogP contribution in [0.2, 0.25) is 0 Å². The second kappa shape index (κ2) is 4.01. The first-order valence-corrected chi connectivity index (χ1v) is 7.27. The molecule has 0 aliphatic heterocycles. The van der Waals surface area contributed by atoms with Gasteiger partial charge in [0.25, 0.3) is 0 Å². The summed E-state index contributed by atoms with van der Waals surface area (Å²) in [5.41, 5.74) is 0.712. The summed E-state index contributed by atoms with van der Waals surface area (Å²) in [6.45, 7) is 5.31. The average molecular weight is 222 g/mol. The standard InChI is InChI=1S/C15H26O/c1-11(2)16-4-3-15-8-12-5-13(9-15)7-14(6-12)10-15/h11-14H,3-10H2,1-2H3. The Morgan fingerprint density at radius 3 is 1.94 bits per heavy atom. The first-order chi connectivity index (χ1) is 7.65. The highest BCUT2D eigenvalue weighted by Gasteiger charge is 2.50. The van der Waals surface area contributed by atoms with Crippen LogP contribution in [0.4, 0.5) is 0 Å². The lowest BCUT2D eigenvalue weighted by atomic mass is 9.49. The van der Waals surface area contributed by atoms with Gasteiger partial charge in [0.15, 0.2) is 0 Å². The zero-order valence-electron chi connectivity index (χ0n) is 10.9. The molecule has 0 heterocycles. The van der Waals surface area contributed by atoms with E-state index in [4.69, 9.17) is 4.74 Å². The lowest BCUT2D eigenvalue weighted by Gasteiger charge is -2.57. The van der Waals surface area contributed by atoms with Gasteiger partial charge in [-0.3, -0.25) is 0 Å². The van der Waals surface area contributed by atoms with E-state index in [-0.39, 0.29) is 0 Å². The van der Waals surface area contributed by atoms with Gasteiger partial charge in [-0.25, -0.2) is 0 Å². The summed E-state index contributed by atoms with van der Waals surface area (Å²) in [5.74, 6) is 3.26. The molecular weight excluding hydrogens is 196 g/mol. The Labute approximate surface area is 99.9 Å². The Kier molecular flexibility index (Phi) is 2.78. The van der Waals surface area contributed by atoms with Crippen molar-refractivity contribution in [2.75, 3.05) is 6.61 Å². The normalized spacial score (nSPS) is 45.6. The fourth-order valence-electron chi connectivity index (χ4n) is 5.11. The molecule has 0 saturated heterocycles. The first-order valence-electron chi connectivity index (χ1n) is 7.27. The Hall–Kier alpha value is -0.0400. The Morgan fingerprint density at radius 1 is 1.00 bits per heavy atom. The molecule has 4 aliphatic carbocycles. The van der Waals surface area contributed by atoms with Gasteiger partial charge in [-0.1, -0.05) is 0 Å². The highest BCUT2D eigenvalue weighted by atomic mass is 16.5. The van der Waals surface area contributed by atoms with Crippen molar-refractivity contribution in [3.8, 4) is 0 Å². The predicted octanol–water partition coefficient (Wildman–Crippen LogP) is 4.02. The van der Waals surface area contributed by atoms with E-state index in [0.717, 1.165) is 24.4 Å². The zero-order chi connectivity index (χ0) is 11.2. The molecule has 0 radical (unpaired) electrons. The molecule has 0 unspecified atom stereocenters. The van der Waals surface area contributed by atoms with Gasteiger partial charge in [0.05, 0.1) is 6.10 Å². The molecule has 16 heavy (non-hydrogen) atoms. The summed E-state index contributed by atoms with van der Waals surface area (Å²) >= 11 is 0. The predicted molar refractivity (Wildman–Crippen MR) is 66.3 cm³/mol. The van der Waals surface area contributed by atoms with Crippen molar-refractivity contribution in [1.82, 2.24) is 0 Å². The van der Waals surface area contributed by atoms with Gasteiger partial charge >= 0.3 is 0 Å². The van der Waals surface area contributed by atoms with Crippen molar-refractivity contribution in [3.05, 3.63) is 0 Å². The van der Waals surface area contributed by atoms with E-state index in [0.29, 0.717) is 11.5 Å². The van der Waals surface area contributed by atoms with Gasteiger partial charge in [0, 0.05) is 6.61 Å². The maximum Gasteiger partial charge on any atom is 0.0518 e. The minimum Gasteiger partial charge on any atom is -0.379 e. The average Bonchev–Trinajstić information content (AvgIpc) is 2.13. The number of ether oxygens (including phenoxy) is 1. The Balaban J connectivity index is 1.60. The van der Waals surface area contributed by atoms with E-state index in [1.54, 1.807) is 19.3 Å². The summed E-state index contributed by atoms with van der Waals surface area (Å²) < 4.78 is 5.78. The third-order valence-electron chi connectivity index (χ3n) is 5.25. The van der Waals surface area contributed by atoms with Crippen LogP contribution in [0, 0.1) is 23.2 Å². The van der Waals surface area contributed by atoms with Gasteiger partial charge in [0.1, 0.15) is 0 Å². The molecule has 0 spiro atoms. The molecule has 4 aliphatic rings. The van der Waals surface area contributed by atoms with Crippen LogP contribution in [0.1, 0.15) is 58.8 Å². The largest absolute Gasteiger partial charge is 0.379 e. The van der Waals surface area contributed by atoms with Gasteiger partial charge in [-0.15, -0.1) is 0 Å². The SMILES string of the molecule is CC(C)OCCC12CC3CC(CC(C3)C1)C2. The van der Waals surface area contributed by atoms with Crippen LogP contribution in [-0.2, 0) is 4.74 Å². The second-order valence-electron chi connectivity index (χ2n) is 7.09. The molecule has 0 aromatic heterocycles. The van der Waals surface area contributed by atoms with Gasteiger partial charge < -0.3 is 4.74 Å². The van der Waals surface area contributed by atoms with E-state index in [1.165, 1.54) is 25.7 Å².